The van der Waals surface area contributed by atoms with Crippen LogP contribution in [-0.2, 0) is 15.8 Å². The third kappa shape index (κ3) is 8.89. The van der Waals surface area contributed by atoms with Gasteiger partial charge in [0.15, 0.2) is 0 Å². The Morgan fingerprint density at radius 3 is 2.19 bits per heavy atom. The first kappa shape index (κ1) is 40.7. The quantitative estimate of drug-likeness (QED) is 0.151. The lowest BCUT2D eigenvalue weighted by atomic mass is 9.86. The standard InChI is InChI=1S/C42H48F5N3O4/c1-6-10-28-20-30(37-25(4)11-9-12-26(37)5)40(44)38(39(28)43)33(22-36(52)53)48-41(54)34(19-24(2)3)50-23-31(32(21-35(50)51)42(45,46)47)27-15-17-49(18-16-27)29-13-7-8-14-29/h9,11-12,20-21,23-24,27,29,33-34H,7-8,13-19,22H2,1-5H3,(H,48,54)(H,52,53)/t33-,34-/m0/s1. The van der Waals surface area contributed by atoms with E-state index in [1.54, 1.807) is 45.9 Å². The normalized spacial score (nSPS) is 16.9. The molecule has 12 heteroatoms. The number of alkyl halides is 3. The molecule has 1 aliphatic heterocycles. The first-order chi connectivity index (χ1) is 25.5. The highest BCUT2D eigenvalue weighted by atomic mass is 19.4. The Morgan fingerprint density at radius 2 is 1.63 bits per heavy atom. The second kappa shape index (κ2) is 16.9. The number of halogens is 5. The van der Waals surface area contributed by atoms with Crippen molar-refractivity contribution in [3.8, 4) is 23.0 Å². The summed E-state index contributed by atoms with van der Waals surface area (Å²) in [7, 11) is 0. The Balaban J connectivity index is 1.58. The molecule has 290 valence electrons. The van der Waals surface area contributed by atoms with Crippen LogP contribution in [0.1, 0.15) is 124 Å². The van der Waals surface area contributed by atoms with Crippen LogP contribution in [0.25, 0.3) is 11.1 Å². The van der Waals surface area contributed by atoms with E-state index in [0.717, 1.165) is 36.4 Å². The zero-order chi connectivity index (χ0) is 39.5. The van der Waals surface area contributed by atoms with E-state index in [1.165, 1.54) is 13.0 Å². The van der Waals surface area contributed by atoms with Gasteiger partial charge in [-0.25, -0.2) is 8.78 Å². The van der Waals surface area contributed by atoms with Crippen molar-refractivity contribution in [3.63, 3.8) is 0 Å². The highest BCUT2D eigenvalue weighted by Gasteiger charge is 2.39. The molecule has 0 radical (unpaired) electrons. The minimum atomic E-state index is -4.83. The SMILES string of the molecule is CC#Cc1cc(-c2c(C)cccc2C)c(F)c([C@H](CC(=O)O)NC(=O)[C@H](CC(C)C)n2cc(C3CCN(C4CCCC4)CC3)c(C(F)(F)F)cc2=O)c1F. The topological polar surface area (TPSA) is 91.6 Å². The van der Waals surface area contributed by atoms with Gasteiger partial charge in [0.25, 0.3) is 5.56 Å². The number of carbonyl (C=O) groups excluding carboxylic acids is 1. The van der Waals surface area contributed by atoms with E-state index < -0.39 is 70.8 Å². The number of pyridine rings is 1. The van der Waals surface area contributed by atoms with E-state index in [9.17, 15) is 32.7 Å². The van der Waals surface area contributed by atoms with Gasteiger partial charge in [-0.1, -0.05) is 50.8 Å². The number of benzene rings is 2. The van der Waals surface area contributed by atoms with E-state index in [-0.39, 0.29) is 29.0 Å². The lowest BCUT2D eigenvalue weighted by Gasteiger charge is -2.37. The average molecular weight is 754 g/mol. The van der Waals surface area contributed by atoms with Crippen molar-refractivity contribution < 1.29 is 36.6 Å². The van der Waals surface area contributed by atoms with Gasteiger partial charge in [0.2, 0.25) is 5.91 Å². The fourth-order valence-electron chi connectivity index (χ4n) is 8.30. The summed E-state index contributed by atoms with van der Waals surface area (Å²) >= 11 is 0. The van der Waals surface area contributed by atoms with E-state index in [1.807, 2.05) is 0 Å². The van der Waals surface area contributed by atoms with Crippen molar-refractivity contribution in [1.82, 2.24) is 14.8 Å². The Hall–Kier alpha value is -4.50. The van der Waals surface area contributed by atoms with E-state index in [4.69, 9.17) is 0 Å². The van der Waals surface area contributed by atoms with Crippen LogP contribution >= 0.6 is 0 Å². The second-order valence-electron chi connectivity index (χ2n) is 15.1. The number of hydrogen-bond donors (Lipinski definition) is 2. The van der Waals surface area contributed by atoms with Crippen molar-refractivity contribution in [2.24, 2.45) is 5.92 Å². The second-order valence-corrected chi connectivity index (χ2v) is 15.1. The van der Waals surface area contributed by atoms with E-state index >= 15 is 8.78 Å². The fourth-order valence-corrected chi connectivity index (χ4v) is 8.30. The third-order valence-corrected chi connectivity index (χ3v) is 10.8. The van der Waals surface area contributed by atoms with Crippen molar-refractivity contribution >= 4 is 11.9 Å². The number of amides is 1. The molecule has 1 aliphatic carbocycles. The number of aromatic nitrogens is 1. The van der Waals surface area contributed by atoms with Crippen LogP contribution in [-0.4, -0.2) is 45.6 Å². The predicted molar refractivity (Wildman–Crippen MR) is 197 cm³/mol. The molecule has 54 heavy (non-hydrogen) atoms. The van der Waals surface area contributed by atoms with Crippen LogP contribution < -0.4 is 10.9 Å². The number of aryl methyl sites for hydroxylation is 2. The van der Waals surface area contributed by atoms with Gasteiger partial charge in [0.05, 0.1) is 23.6 Å². The molecule has 0 bridgehead atoms. The number of carboxylic acid groups (broad SMARTS) is 1. The molecule has 2 aliphatic rings. The maximum atomic E-state index is 16.7. The monoisotopic (exact) mass is 753 g/mol. The minimum absolute atomic E-state index is 0.0313. The van der Waals surface area contributed by atoms with Gasteiger partial charge in [-0.3, -0.25) is 14.4 Å². The molecule has 0 unspecified atom stereocenters. The van der Waals surface area contributed by atoms with Gasteiger partial charge in [0, 0.05) is 29.4 Å². The molecule has 7 nitrogen and oxygen atoms in total. The smallest absolute Gasteiger partial charge is 0.416 e. The van der Waals surface area contributed by atoms with Gasteiger partial charge in [0.1, 0.15) is 17.7 Å². The maximum absolute atomic E-state index is 16.7. The summed E-state index contributed by atoms with van der Waals surface area (Å²) in [6.45, 7) is 9.70. The number of carbonyl (C=O) groups is 2. The van der Waals surface area contributed by atoms with Gasteiger partial charge in [-0.2, -0.15) is 13.2 Å². The third-order valence-electron chi connectivity index (χ3n) is 10.8. The first-order valence-electron chi connectivity index (χ1n) is 18.6. The number of carboxylic acids is 1. The van der Waals surface area contributed by atoms with Gasteiger partial charge in [-0.05, 0) is 106 Å². The van der Waals surface area contributed by atoms with Gasteiger partial charge < -0.3 is 19.9 Å². The zero-order valence-electron chi connectivity index (χ0n) is 31.4. The summed E-state index contributed by atoms with van der Waals surface area (Å²) in [4.78, 5) is 42.4. The molecule has 2 fully saturated rings. The Kier molecular flexibility index (Phi) is 12.7. The first-order valence-corrected chi connectivity index (χ1v) is 18.6. The highest BCUT2D eigenvalue weighted by molar-refractivity contribution is 5.82. The highest BCUT2D eigenvalue weighted by Crippen LogP contribution is 2.41. The summed E-state index contributed by atoms with van der Waals surface area (Å²) < 4.78 is 77.4. The molecule has 3 aromatic rings. The molecule has 1 amide bonds. The Labute approximate surface area is 313 Å². The largest absolute Gasteiger partial charge is 0.481 e. The molecular weight excluding hydrogens is 705 g/mol. The van der Waals surface area contributed by atoms with Crippen LogP contribution in [0.2, 0.25) is 0 Å². The number of nitrogens with one attached hydrogen (secondary N) is 1. The summed E-state index contributed by atoms with van der Waals surface area (Å²) in [5, 5.41) is 12.4. The fraction of sp³-hybridized carbons (Fsp3) is 0.500. The van der Waals surface area contributed by atoms with Crippen molar-refractivity contribution in [1.29, 1.82) is 0 Å². The van der Waals surface area contributed by atoms with Crippen LogP contribution in [0, 0.1) is 43.2 Å². The minimum Gasteiger partial charge on any atom is -0.481 e. The number of likely N-dealkylation sites (tertiary alicyclic amines) is 1. The van der Waals surface area contributed by atoms with Crippen LogP contribution in [0.15, 0.2) is 41.3 Å². The number of piperidine rings is 1. The summed E-state index contributed by atoms with van der Waals surface area (Å²) in [6.07, 6.45) is 0.605. The summed E-state index contributed by atoms with van der Waals surface area (Å²) in [6, 6.07) is 4.28. The average Bonchev–Trinajstić information content (AvgIpc) is 3.64. The summed E-state index contributed by atoms with van der Waals surface area (Å²) in [5.41, 5.74) is -1.39. The molecule has 2 aromatic carbocycles. The Bertz CT molecular complexity index is 1980. The molecule has 1 saturated carbocycles. The van der Waals surface area contributed by atoms with E-state index in [0.29, 0.717) is 54.7 Å². The molecule has 2 N–H and O–H groups in total. The molecule has 1 saturated heterocycles. The van der Waals surface area contributed by atoms with Gasteiger partial charge >= 0.3 is 12.1 Å². The summed E-state index contributed by atoms with van der Waals surface area (Å²) in [5.74, 6) is -0.251. The lowest BCUT2D eigenvalue weighted by Crippen LogP contribution is -2.42. The molecular formula is C42H48F5N3O4. The van der Waals surface area contributed by atoms with Crippen molar-refractivity contribution in [2.45, 2.75) is 116 Å². The molecule has 0 spiro atoms. The number of nitrogens with zero attached hydrogens (tertiary/aromatic N) is 2. The lowest BCUT2D eigenvalue weighted by molar-refractivity contribution is -0.139. The predicted octanol–water partition coefficient (Wildman–Crippen LogP) is 8.84. The number of hydrogen-bond acceptors (Lipinski definition) is 4. The molecule has 5 rings (SSSR count). The maximum Gasteiger partial charge on any atom is 0.416 e. The van der Waals surface area contributed by atoms with Crippen LogP contribution in [0.4, 0.5) is 22.0 Å². The van der Waals surface area contributed by atoms with E-state index in [2.05, 4.69) is 22.1 Å². The van der Waals surface area contributed by atoms with Gasteiger partial charge in [-0.15, -0.1) is 5.92 Å². The van der Waals surface area contributed by atoms with Crippen molar-refractivity contribution in [3.05, 3.63) is 91.9 Å². The Morgan fingerprint density at radius 1 is 1.00 bits per heavy atom. The number of rotatable bonds is 11. The number of aliphatic carboxylic acids is 1. The van der Waals surface area contributed by atoms with Crippen LogP contribution in [0.3, 0.4) is 0 Å². The van der Waals surface area contributed by atoms with Crippen LogP contribution in [0.5, 0.6) is 0 Å². The molecule has 2 atom stereocenters. The molecule has 1 aromatic heterocycles. The molecule has 2 heterocycles. The van der Waals surface area contributed by atoms with Crippen molar-refractivity contribution in [2.75, 3.05) is 13.1 Å². The zero-order valence-corrected chi connectivity index (χ0v) is 31.4.